The van der Waals surface area contributed by atoms with Gasteiger partial charge < -0.3 is 10.5 Å². The van der Waals surface area contributed by atoms with Crippen LogP contribution in [-0.4, -0.2) is 23.2 Å². The summed E-state index contributed by atoms with van der Waals surface area (Å²) < 4.78 is 6.89. The number of nitrogens with zero attached hydrogens (tertiary/aromatic N) is 2. The van der Waals surface area contributed by atoms with Gasteiger partial charge in [-0.25, -0.2) is 4.68 Å². The van der Waals surface area contributed by atoms with Crippen LogP contribution in [0.3, 0.4) is 0 Å². The highest BCUT2D eigenvalue weighted by Crippen LogP contribution is 2.33. The van der Waals surface area contributed by atoms with Crippen molar-refractivity contribution in [1.29, 1.82) is 0 Å². The van der Waals surface area contributed by atoms with Crippen LogP contribution in [0, 0.1) is 13.8 Å². The number of ether oxygens (including phenoxy) is 1. The molecule has 20 heavy (non-hydrogen) atoms. The zero-order chi connectivity index (χ0) is 14.9. The van der Waals surface area contributed by atoms with Crippen molar-refractivity contribution >= 4 is 12.1 Å². The lowest BCUT2D eigenvalue weighted by Gasteiger charge is -2.10. The second kappa shape index (κ2) is 5.36. The highest BCUT2D eigenvalue weighted by atomic mass is 16.5. The number of hydrogen-bond acceptors (Lipinski definition) is 4. The van der Waals surface area contributed by atoms with Crippen molar-refractivity contribution in [3.05, 3.63) is 28.8 Å². The summed E-state index contributed by atoms with van der Waals surface area (Å²) in [5.74, 6) is 1.20. The van der Waals surface area contributed by atoms with Crippen molar-refractivity contribution < 1.29 is 9.53 Å². The molecule has 0 saturated heterocycles. The predicted molar refractivity (Wildman–Crippen MR) is 79.2 cm³/mol. The molecule has 0 fully saturated rings. The third kappa shape index (κ3) is 2.15. The van der Waals surface area contributed by atoms with Crippen molar-refractivity contribution in [3.63, 3.8) is 0 Å². The summed E-state index contributed by atoms with van der Waals surface area (Å²) in [5.41, 5.74) is 9.99. The fourth-order valence-electron chi connectivity index (χ4n) is 2.45. The van der Waals surface area contributed by atoms with E-state index in [0.29, 0.717) is 23.6 Å². The molecule has 106 valence electrons. The molecule has 0 radical (unpaired) electrons. The number of carbonyl (C=O) groups is 1. The molecule has 5 nitrogen and oxygen atoms in total. The molecule has 1 aromatic carbocycles. The lowest BCUT2D eigenvalue weighted by Crippen LogP contribution is -2.02. The molecule has 0 saturated carbocycles. The normalized spacial score (nSPS) is 10.6. The minimum Gasteiger partial charge on any atom is -0.497 e. The summed E-state index contributed by atoms with van der Waals surface area (Å²) in [6.07, 6.45) is 0.771. The first kappa shape index (κ1) is 14.1. The zero-order valence-electron chi connectivity index (χ0n) is 12.2. The molecule has 1 heterocycles. The molecule has 0 bridgehead atoms. The van der Waals surface area contributed by atoms with E-state index in [-0.39, 0.29) is 0 Å². The van der Waals surface area contributed by atoms with Crippen molar-refractivity contribution in [2.24, 2.45) is 0 Å². The number of anilines is 1. The standard InChI is InChI=1S/C15H19N3O2/c1-5-18-15(16)12(8-19)14(17-18)13-9(2)6-11(20-4)7-10(13)3/h6-8H,5,16H2,1-4H3. The fourth-order valence-corrected chi connectivity index (χ4v) is 2.45. The summed E-state index contributed by atoms with van der Waals surface area (Å²) in [6, 6.07) is 3.86. The molecule has 5 heteroatoms. The molecule has 0 aliphatic rings. The SMILES string of the molecule is CCn1nc(-c2c(C)cc(OC)cc2C)c(C=O)c1N. The minimum absolute atomic E-state index is 0.409. The number of benzene rings is 1. The molecule has 2 aromatic rings. The third-order valence-electron chi connectivity index (χ3n) is 3.43. The number of aldehydes is 1. The number of rotatable bonds is 4. The summed E-state index contributed by atoms with van der Waals surface area (Å²) in [5, 5.41) is 4.47. The van der Waals surface area contributed by atoms with Crippen molar-refractivity contribution in [2.45, 2.75) is 27.3 Å². The van der Waals surface area contributed by atoms with Crippen LogP contribution < -0.4 is 10.5 Å². The van der Waals surface area contributed by atoms with Crippen LogP contribution in [0.1, 0.15) is 28.4 Å². The van der Waals surface area contributed by atoms with Crippen molar-refractivity contribution in [2.75, 3.05) is 12.8 Å². The first-order valence-corrected chi connectivity index (χ1v) is 6.50. The number of methoxy groups -OCH3 is 1. The zero-order valence-corrected chi connectivity index (χ0v) is 12.2. The van der Waals surface area contributed by atoms with Crippen LogP contribution in [0.2, 0.25) is 0 Å². The second-order valence-electron chi connectivity index (χ2n) is 4.72. The van der Waals surface area contributed by atoms with Gasteiger partial charge in [0.15, 0.2) is 6.29 Å². The van der Waals surface area contributed by atoms with Crippen LogP contribution in [0.4, 0.5) is 5.82 Å². The summed E-state index contributed by atoms with van der Waals surface area (Å²) >= 11 is 0. The fraction of sp³-hybridized carbons (Fsp3) is 0.333. The predicted octanol–water partition coefficient (Wildman–Crippen LogP) is 2.59. The van der Waals surface area contributed by atoms with Crippen LogP contribution in [0.25, 0.3) is 11.3 Å². The van der Waals surface area contributed by atoms with E-state index in [0.717, 1.165) is 28.7 Å². The van der Waals surface area contributed by atoms with Gasteiger partial charge in [-0.05, 0) is 44.0 Å². The van der Waals surface area contributed by atoms with Gasteiger partial charge in [0.05, 0.1) is 12.7 Å². The quantitative estimate of drug-likeness (QED) is 0.869. The first-order chi connectivity index (χ1) is 9.53. The van der Waals surface area contributed by atoms with E-state index in [2.05, 4.69) is 5.10 Å². The molecular weight excluding hydrogens is 254 g/mol. The maximum absolute atomic E-state index is 11.3. The summed E-state index contributed by atoms with van der Waals surface area (Å²) in [7, 11) is 1.63. The molecule has 2 N–H and O–H groups in total. The van der Waals surface area contributed by atoms with E-state index in [9.17, 15) is 4.79 Å². The van der Waals surface area contributed by atoms with Gasteiger partial charge in [-0.1, -0.05) is 0 Å². The van der Waals surface area contributed by atoms with E-state index >= 15 is 0 Å². The average molecular weight is 273 g/mol. The Morgan fingerprint density at radius 1 is 1.35 bits per heavy atom. The Kier molecular flexibility index (Phi) is 3.79. The van der Waals surface area contributed by atoms with E-state index in [1.807, 2.05) is 32.9 Å². The van der Waals surface area contributed by atoms with Gasteiger partial charge in [0.25, 0.3) is 0 Å². The molecule has 0 amide bonds. The van der Waals surface area contributed by atoms with Gasteiger partial charge >= 0.3 is 0 Å². The maximum atomic E-state index is 11.3. The number of nitrogens with two attached hydrogens (primary N) is 1. The van der Waals surface area contributed by atoms with Crippen LogP contribution in [0.5, 0.6) is 5.75 Å². The van der Waals surface area contributed by atoms with E-state index < -0.39 is 0 Å². The van der Waals surface area contributed by atoms with E-state index in [1.165, 1.54) is 0 Å². The molecular formula is C15H19N3O2. The Bertz CT molecular complexity index is 636. The van der Waals surface area contributed by atoms with Gasteiger partial charge in [-0.2, -0.15) is 5.10 Å². The molecule has 0 spiro atoms. The lowest BCUT2D eigenvalue weighted by molar-refractivity contribution is 0.112. The van der Waals surface area contributed by atoms with E-state index in [4.69, 9.17) is 10.5 Å². The second-order valence-corrected chi connectivity index (χ2v) is 4.72. The number of carbonyl (C=O) groups excluding carboxylic acids is 1. The number of hydrogen-bond donors (Lipinski definition) is 1. The van der Waals surface area contributed by atoms with Gasteiger partial charge in [-0.3, -0.25) is 4.79 Å². The topological polar surface area (TPSA) is 70.1 Å². The largest absolute Gasteiger partial charge is 0.497 e. The molecule has 0 aliphatic carbocycles. The Morgan fingerprint density at radius 2 is 1.95 bits per heavy atom. The Morgan fingerprint density at radius 3 is 2.40 bits per heavy atom. The number of aromatic nitrogens is 2. The van der Waals surface area contributed by atoms with E-state index in [1.54, 1.807) is 11.8 Å². The lowest BCUT2D eigenvalue weighted by atomic mass is 9.97. The Labute approximate surface area is 118 Å². The molecule has 1 aromatic heterocycles. The van der Waals surface area contributed by atoms with Gasteiger partial charge in [-0.15, -0.1) is 0 Å². The van der Waals surface area contributed by atoms with Gasteiger partial charge in [0.2, 0.25) is 0 Å². The average Bonchev–Trinajstić information content (AvgIpc) is 2.73. The Hall–Kier alpha value is -2.30. The molecule has 0 aliphatic heterocycles. The van der Waals surface area contributed by atoms with Crippen LogP contribution in [0.15, 0.2) is 12.1 Å². The maximum Gasteiger partial charge on any atom is 0.156 e. The Balaban J connectivity index is 2.71. The van der Waals surface area contributed by atoms with Crippen molar-refractivity contribution in [1.82, 2.24) is 9.78 Å². The molecule has 2 rings (SSSR count). The highest BCUT2D eigenvalue weighted by molar-refractivity contribution is 5.93. The van der Waals surface area contributed by atoms with Crippen molar-refractivity contribution in [3.8, 4) is 17.0 Å². The highest BCUT2D eigenvalue weighted by Gasteiger charge is 2.19. The number of nitrogen functional groups attached to an aromatic ring is 1. The number of aryl methyl sites for hydroxylation is 3. The molecule has 0 atom stereocenters. The van der Waals surface area contributed by atoms with Gasteiger partial charge in [0.1, 0.15) is 17.3 Å². The molecule has 0 unspecified atom stereocenters. The minimum atomic E-state index is 0.409. The summed E-state index contributed by atoms with van der Waals surface area (Å²) in [4.78, 5) is 11.3. The van der Waals surface area contributed by atoms with Crippen LogP contribution >= 0.6 is 0 Å². The van der Waals surface area contributed by atoms with Crippen LogP contribution in [-0.2, 0) is 6.54 Å². The first-order valence-electron chi connectivity index (χ1n) is 6.50. The summed E-state index contributed by atoms with van der Waals surface area (Å²) in [6.45, 7) is 6.51. The third-order valence-corrected chi connectivity index (χ3v) is 3.43. The smallest absolute Gasteiger partial charge is 0.156 e. The monoisotopic (exact) mass is 273 g/mol. The van der Waals surface area contributed by atoms with Gasteiger partial charge in [0, 0.05) is 12.1 Å².